The van der Waals surface area contributed by atoms with Gasteiger partial charge in [0.25, 0.3) is 5.56 Å². The van der Waals surface area contributed by atoms with Crippen LogP contribution in [0.5, 0.6) is 0 Å². The SMILES string of the molecule is Nc1cc(C(F)(F)F)cc(F)c1-n1cnc(C(F)(F)F)cc1=O. The normalized spacial score (nSPS) is 12.5. The Morgan fingerprint density at radius 2 is 1.61 bits per heavy atom. The molecule has 1 aromatic heterocycles. The summed E-state index contributed by atoms with van der Waals surface area (Å²) in [6, 6.07) is 0.523. The largest absolute Gasteiger partial charge is 0.433 e. The number of aromatic nitrogens is 2. The molecule has 1 aromatic carbocycles. The number of anilines is 1. The minimum atomic E-state index is -4.90. The summed E-state index contributed by atoms with van der Waals surface area (Å²) >= 11 is 0. The van der Waals surface area contributed by atoms with Gasteiger partial charge in [-0.1, -0.05) is 0 Å². The molecule has 0 amide bonds. The first kappa shape index (κ1) is 16.8. The molecule has 4 nitrogen and oxygen atoms in total. The van der Waals surface area contributed by atoms with Crippen LogP contribution in [0.1, 0.15) is 11.3 Å². The van der Waals surface area contributed by atoms with E-state index in [2.05, 4.69) is 4.98 Å². The number of alkyl halides is 6. The van der Waals surface area contributed by atoms with E-state index in [0.717, 1.165) is 0 Å². The Morgan fingerprint density at radius 1 is 1.00 bits per heavy atom. The second-order valence-electron chi connectivity index (χ2n) is 4.37. The van der Waals surface area contributed by atoms with Crippen molar-refractivity contribution in [3.8, 4) is 5.69 Å². The summed E-state index contributed by atoms with van der Waals surface area (Å²) < 4.78 is 88.9. The number of nitrogen functional groups attached to an aromatic ring is 1. The van der Waals surface area contributed by atoms with E-state index >= 15 is 0 Å². The highest BCUT2D eigenvalue weighted by Crippen LogP contribution is 2.34. The molecule has 2 aromatic rings. The number of halogens is 7. The molecule has 0 fully saturated rings. The fourth-order valence-electron chi connectivity index (χ4n) is 1.76. The van der Waals surface area contributed by atoms with E-state index in [1.54, 1.807) is 0 Å². The molecule has 0 saturated carbocycles. The molecule has 0 spiro atoms. The molecule has 11 heteroatoms. The van der Waals surface area contributed by atoms with Crippen LogP contribution in [0.2, 0.25) is 0 Å². The van der Waals surface area contributed by atoms with Crippen LogP contribution in [0, 0.1) is 5.82 Å². The lowest BCUT2D eigenvalue weighted by Gasteiger charge is -2.14. The van der Waals surface area contributed by atoms with Crippen molar-refractivity contribution in [1.82, 2.24) is 9.55 Å². The first-order valence-electron chi connectivity index (χ1n) is 5.73. The van der Waals surface area contributed by atoms with Crippen LogP contribution in [0.4, 0.5) is 36.4 Å². The van der Waals surface area contributed by atoms with Gasteiger partial charge >= 0.3 is 12.4 Å². The van der Waals surface area contributed by atoms with Gasteiger partial charge in [0.15, 0.2) is 5.69 Å². The molecule has 2 rings (SSSR count). The average Bonchev–Trinajstić information content (AvgIpc) is 2.37. The van der Waals surface area contributed by atoms with Gasteiger partial charge in [0.05, 0.1) is 11.3 Å². The number of nitrogens with two attached hydrogens (primary N) is 1. The predicted molar refractivity (Wildman–Crippen MR) is 64.2 cm³/mol. The summed E-state index contributed by atoms with van der Waals surface area (Å²) in [5.74, 6) is -1.53. The van der Waals surface area contributed by atoms with E-state index < -0.39 is 46.4 Å². The quantitative estimate of drug-likeness (QED) is 0.641. The molecule has 0 radical (unpaired) electrons. The van der Waals surface area contributed by atoms with Gasteiger partial charge in [-0.2, -0.15) is 26.3 Å². The molecule has 0 aliphatic carbocycles. The topological polar surface area (TPSA) is 60.9 Å². The van der Waals surface area contributed by atoms with Crippen LogP contribution in [-0.2, 0) is 12.4 Å². The maximum atomic E-state index is 13.9. The predicted octanol–water partition coefficient (Wildman–Crippen LogP) is 2.99. The summed E-state index contributed by atoms with van der Waals surface area (Å²) in [7, 11) is 0. The van der Waals surface area contributed by atoms with Gasteiger partial charge in [0, 0.05) is 6.07 Å². The van der Waals surface area contributed by atoms with Crippen LogP contribution in [-0.4, -0.2) is 9.55 Å². The standard InChI is InChI=1S/C12H6F7N3O/c13-6-1-5(11(14,15)16)2-7(20)10(6)22-4-21-8(3-9(22)23)12(17,18)19/h1-4H,20H2. The van der Waals surface area contributed by atoms with Crippen molar-refractivity contribution in [1.29, 1.82) is 0 Å². The van der Waals surface area contributed by atoms with Crippen molar-refractivity contribution < 1.29 is 30.7 Å². The lowest BCUT2D eigenvalue weighted by atomic mass is 10.1. The van der Waals surface area contributed by atoms with E-state index in [0.29, 0.717) is 17.0 Å². The summed E-state index contributed by atoms with van der Waals surface area (Å²) in [5.41, 5.74) is -0.570. The molecule has 0 saturated heterocycles. The molecule has 0 aliphatic heterocycles. The van der Waals surface area contributed by atoms with E-state index in [1.807, 2.05) is 0 Å². The van der Waals surface area contributed by atoms with Gasteiger partial charge in [0.1, 0.15) is 17.8 Å². The maximum Gasteiger partial charge on any atom is 0.433 e. The minimum absolute atomic E-state index is 0.0792. The Balaban J connectivity index is 2.62. The molecular formula is C12H6F7N3O. The third kappa shape index (κ3) is 3.27. The van der Waals surface area contributed by atoms with Gasteiger partial charge in [-0.05, 0) is 12.1 Å². The molecular weight excluding hydrogens is 335 g/mol. The van der Waals surface area contributed by atoms with Crippen LogP contribution in [0.25, 0.3) is 5.69 Å². The molecule has 1 heterocycles. The lowest BCUT2D eigenvalue weighted by Crippen LogP contribution is -2.24. The van der Waals surface area contributed by atoms with Crippen molar-refractivity contribution in [2.24, 2.45) is 0 Å². The molecule has 0 atom stereocenters. The smallest absolute Gasteiger partial charge is 0.397 e. The molecule has 2 N–H and O–H groups in total. The monoisotopic (exact) mass is 341 g/mol. The second kappa shape index (κ2) is 5.25. The highest BCUT2D eigenvalue weighted by Gasteiger charge is 2.34. The zero-order valence-corrected chi connectivity index (χ0v) is 10.8. The van der Waals surface area contributed by atoms with Crippen LogP contribution >= 0.6 is 0 Å². The third-order valence-electron chi connectivity index (χ3n) is 2.76. The van der Waals surface area contributed by atoms with Crippen LogP contribution in [0.3, 0.4) is 0 Å². The van der Waals surface area contributed by atoms with E-state index in [-0.39, 0.29) is 12.1 Å². The summed E-state index contributed by atoms with van der Waals surface area (Å²) in [6.07, 6.45) is -9.44. The Hall–Kier alpha value is -2.59. The van der Waals surface area contributed by atoms with Crippen molar-refractivity contribution in [2.45, 2.75) is 12.4 Å². The number of hydrogen-bond donors (Lipinski definition) is 1. The summed E-state index contributed by atoms with van der Waals surface area (Å²) in [5, 5.41) is 0. The fourth-order valence-corrected chi connectivity index (χ4v) is 1.76. The van der Waals surface area contributed by atoms with Crippen molar-refractivity contribution in [2.75, 3.05) is 5.73 Å². The summed E-state index contributed by atoms with van der Waals surface area (Å²) in [6.45, 7) is 0. The molecule has 0 aliphatic rings. The Kier molecular flexibility index (Phi) is 3.83. The summed E-state index contributed by atoms with van der Waals surface area (Å²) in [4.78, 5) is 14.6. The third-order valence-corrected chi connectivity index (χ3v) is 2.76. The Morgan fingerprint density at radius 3 is 2.04 bits per heavy atom. The van der Waals surface area contributed by atoms with Gasteiger partial charge < -0.3 is 5.73 Å². The van der Waals surface area contributed by atoms with E-state index in [1.165, 1.54) is 0 Å². The second-order valence-corrected chi connectivity index (χ2v) is 4.37. The highest BCUT2D eigenvalue weighted by molar-refractivity contribution is 5.60. The van der Waals surface area contributed by atoms with Crippen molar-refractivity contribution >= 4 is 5.69 Å². The zero-order valence-electron chi connectivity index (χ0n) is 10.8. The fraction of sp³-hybridized carbons (Fsp3) is 0.167. The van der Waals surface area contributed by atoms with Crippen molar-refractivity contribution in [3.05, 3.63) is 52.0 Å². The molecule has 124 valence electrons. The van der Waals surface area contributed by atoms with E-state index in [4.69, 9.17) is 5.73 Å². The molecule has 23 heavy (non-hydrogen) atoms. The van der Waals surface area contributed by atoms with Gasteiger partial charge in [-0.25, -0.2) is 9.37 Å². The molecule has 0 unspecified atom stereocenters. The molecule has 0 bridgehead atoms. The Bertz CT molecular complexity index is 785. The van der Waals surface area contributed by atoms with Gasteiger partial charge in [-0.15, -0.1) is 0 Å². The van der Waals surface area contributed by atoms with Gasteiger partial charge in [0.2, 0.25) is 0 Å². The number of nitrogens with zero attached hydrogens (tertiary/aromatic N) is 2. The first-order valence-corrected chi connectivity index (χ1v) is 5.73. The maximum absolute atomic E-state index is 13.9. The van der Waals surface area contributed by atoms with E-state index in [9.17, 15) is 35.5 Å². The van der Waals surface area contributed by atoms with Crippen molar-refractivity contribution in [3.63, 3.8) is 0 Å². The number of rotatable bonds is 1. The van der Waals surface area contributed by atoms with Gasteiger partial charge in [-0.3, -0.25) is 9.36 Å². The number of hydrogen-bond acceptors (Lipinski definition) is 3. The Labute approximate surface area is 123 Å². The first-order chi connectivity index (χ1) is 10.4. The highest BCUT2D eigenvalue weighted by atomic mass is 19.4. The van der Waals surface area contributed by atoms with Crippen LogP contribution in [0.15, 0.2) is 29.3 Å². The number of benzene rings is 1. The van der Waals surface area contributed by atoms with Crippen LogP contribution < -0.4 is 11.3 Å². The lowest BCUT2D eigenvalue weighted by molar-refractivity contribution is -0.141. The minimum Gasteiger partial charge on any atom is -0.397 e. The average molecular weight is 341 g/mol. The zero-order chi connectivity index (χ0) is 17.6.